The van der Waals surface area contributed by atoms with Crippen LogP contribution in [0.2, 0.25) is 0 Å². The van der Waals surface area contributed by atoms with E-state index in [2.05, 4.69) is 5.16 Å². The SMILES string of the molecule is CC1CC(C(=O)N2CCC(C)(C(N)=NO)CC2)CO1. The highest BCUT2D eigenvalue weighted by atomic mass is 16.5. The average molecular weight is 269 g/mol. The molecule has 1 amide bonds. The summed E-state index contributed by atoms with van der Waals surface area (Å²) in [6.07, 6.45) is 2.46. The molecule has 0 aromatic carbocycles. The number of hydrogen-bond acceptors (Lipinski definition) is 4. The summed E-state index contributed by atoms with van der Waals surface area (Å²) in [4.78, 5) is 14.2. The van der Waals surface area contributed by atoms with Crippen LogP contribution in [0.4, 0.5) is 0 Å². The van der Waals surface area contributed by atoms with Crippen molar-refractivity contribution in [1.29, 1.82) is 0 Å². The zero-order valence-electron chi connectivity index (χ0n) is 11.6. The summed E-state index contributed by atoms with van der Waals surface area (Å²) < 4.78 is 5.45. The second-order valence-corrected chi connectivity index (χ2v) is 5.95. The molecule has 2 heterocycles. The summed E-state index contributed by atoms with van der Waals surface area (Å²) in [5, 5.41) is 11.9. The van der Waals surface area contributed by atoms with Crippen LogP contribution < -0.4 is 5.73 Å². The zero-order chi connectivity index (χ0) is 14.0. The van der Waals surface area contributed by atoms with E-state index in [1.807, 2.05) is 18.7 Å². The Morgan fingerprint density at radius 3 is 2.58 bits per heavy atom. The Morgan fingerprint density at radius 1 is 1.47 bits per heavy atom. The van der Waals surface area contributed by atoms with E-state index in [0.717, 1.165) is 19.3 Å². The predicted molar refractivity (Wildman–Crippen MR) is 70.9 cm³/mol. The molecule has 0 aliphatic carbocycles. The third kappa shape index (κ3) is 2.83. The largest absolute Gasteiger partial charge is 0.409 e. The average Bonchev–Trinajstić information content (AvgIpc) is 2.84. The normalized spacial score (nSPS) is 31.5. The van der Waals surface area contributed by atoms with Gasteiger partial charge in [-0.15, -0.1) is 0 Å². The van der Waals surface area contributed by atoms with Crippen LogP contribution in [0.3, 0.4) is 0 Å². The standard InChI is InChI=1S/C13H23N3O3/c1-9-7-10(8-19-9)11(17)16-5-3-13(2,4-6-16)12(14)15-18/h9-10,18H,3-8H2,1-2H3,(H2,14,15). The maximum atomic E-state index is 12.3. The van der Waals surface area contributed by atoms with Gasteiger partial charge in [0.15, 0.2) is 0 Å². The Kier molecular flexibility index (Phi) is 3.99. The first-order chi connectivity index (χ1) is 8.96. The molecule has 0 radical (unpaired) electrons. The molecule has 19 heavy (non-hydrogen) atoms. The number of hydrogen-bond donors (Lipinski definition) is 2. The van der Waals surface area contributed by atoms with E-state index in [9.17, 15) is 4.79 Å². The van der Waals surface area contributed by atoms with E-state index in [1.54, 1.807) is 0 Å². The van der Waals surface area contributed by atoms with Crippen LogP contribution in [-0.2, 0) is 9.53 Å². The highest BCUT2D eigenvalue weighted by Gasteiger charge is 2.38. The third-order valence-electron chi connectivity index (χ3n) is 4.45. The first-order valence-corrected chi connectivity index (χ1v) is 6.84. The molecule has 2 aliphatic heterocycles. The van der Waals surface area contributed by atoms with Crippen LogP contribution in [0.15, 0.2) is 5.16 Å². The molecule has 6 nitrogen and oxygen atoms in total. The summed E-state index contributed by atoms with van der Waals surface area (Å²) in [5.74, 6) is 0.451. The van der Waals surface area contributed by atoms with Crippen molar-refractivity contribution in [2.75, 3.05) is 19.7 Å². The van der Waals surface area contributed by atoms with Gasteiger partial charge in [-0.05, 0) is 26.2 Å². The van der Waals surface area contributed by atoms with Gasteiger partial charge in [0.1, 0.15) is 5.84 Å². The molecule has 2 aliphatic rings. The number of nitrogens with zero attached hydrogens (tertiary/aromatic N) is 2. The van der Waals surface area contributed by atoms with E-state index in [1.165, 1.54) is 0 Å². The first-order valence-electron chi connectivity index (χ1n) is 6.84. The second-order valence-electron chi connectivity index (χ2n) is 5.95. The van der Waals surface area contributed by atoms with Crippen molar-refractivity contribution in [3.63, 3.8) is 0 Å². The summed E-state index contributed by atoms with van der Waals surface area (Å²) in [5.41, 5.74) is 5.42. The van der Waals surface area contributed by atoms with Gasteiger partial charge in [0, 0.05) is 18.5 Å². The second kappa shape index (κ2) is 5.36. The number of carbonyl (C=O) groups excluding carboxylic acids is 1. The molecule has 2 unspecified atom stereocenters. The molecule has 3 N–H and O–H groups in total. The van der Waals surface area contributed by atoms with E-state index < -0.39 is 0 Å². The Bertz CT molecular complexity index is 375. The van der Waals surface area contributed by atoms with Crippen molar-refractivity contribution in [2.45, 2.75) is 39.2 Å². The Hall–Kier alpha value is -1.30. The molecule has 2 rings (SSSR count). The number of ether oxygens (including phenoxy) is 1. The number of carbonyl (C=O) groups is 1. The zero-order valence-corrected chi connectivity index (χ0v) is 11.6. The van der Waals surface area contributed by atoms with Crippen molar-refractivity contribution in [3.8, 4) is 0 Å². The smallest absolute Gasteiger partial charge is 0.228 e. The quantitative estimate of drug-likeness (QED) is 0.336. The van der Waals surface area contributed by atoms with Gasteiger partial charge in [0.25, 0.3) is 0 Å². The van der Waals surface area contributed by atoms with Gasteiger partial charge >= 0.3 is 0 Å². The minimum atomic E-state index is -0.301. The molecule has 0 aromatic rings. The maximum absolute atomic E-state index is 12.3. The lowest BCUT2D eigenvalue weighted by molar-refractivity contribution is -0.137. The number of piperidine rings is 1. The third-order valence-corrected chi connectivity index (χ3v) is 4.45. The highest BCUT2D eigenvalue weighted by molar-refractivity contribution is 5.86. The predicted octanol–water partition coefficient (Wildman–Crippen LogP) is 0.786. The lowest BCUT2D eigenvalue weighted by Crippen LogP contribution is -2.49. The topological polar surface area (TPSA) is 88.2 Å². The summed E-state index contributed by atoms with van der Waals surface area (Å²) in [6.45, 7) is 5.84. The molecule has 0 saturated carbocycles. The van der Waals surface area contributed by atoms with Gasteiger partial charge in [0.05, 0.1) is 18.6 Å². The van der Waals surface area contributed by atoms with Crippen molar-refractivity contribution >= 4 is 11.7 Å². The van der Waals surface area contributed by atoms with Crippen molar-refractivity contribution in [2.24, 2.45) is 22.2 Å². The van der Waals surface area contributed by atoms with Crippen molar-refractivity contribution in [3.05, 3.63) is 0 Å². The molecule has 2 atom stereocenters. The van der Waals surface area contributed by atoms with E-state index in [0.29, 0.717) is 19.7 Å². The lowest BCUT2D eigenvalue weighted by Gasteiger charge is -2.39. The fourth-order valence-electron chi connectivity index (χ4n) is 2.84. The number of nitrogens with two attached hydrogens (primary N) is 1. The molecular weight excluding hydrogens is 246 g/mol. The molecule has 0 bridgehead atoms. The molecule has 6 heteroatoms. The van der Waals surface area contributed by atoms with Crippen LogP contribution in [0.5, 0.6) is 0 Å². The fraction of sp³-hybridized carbons (Fsp3) is 0.846. The van der Waals surface area contributed by atoms with Crippen molar-refractivity contribution in [1.82, 2.24) is 4.90 Å². The Labute approximate surface area is 113 Å². The molecule has 108 valence electrons. The van der Waals surface area contributed by atoms with Crippen molar-refractivity contribution < 1.29 is 14.7 Å². The van der Waals surface area contributed by atoms with Gasteiger partial charge < -0.3 is 20.6 Å². The summed E-state index contributed by atoms with van der Waals surface area (Å²) in [6, 6.07) is 0. The molecule has 0 spiro atoms. The number of amides is 1. The number of rotatable bonds is 2. The molecular formula is C13H23N3O3. The van der Waals surface area contributed by atoms with Crippen LogP contribution in [0, 0.1) is 11.3 Å². The summed E-state index contributed by atoms with van der Waals surface area (Å²) in [7, 11) is 0. The Balaban J connectivity index is 1.91. The highest BCUT2D eigenvalue weighted by Crippen LogP contribution is 2.32. The minimum absolute atomic E-state index is 0.00297. The minimum Gasteiger partial charge on any atom is -0.409 e. The number of oxime groups is 1. The van der Waals surface area contributed by atoms with E-state index in [4.69, 9.17) is 15.7 Å². The first kappa shape index (κ1) is 14.1. The summed E-state index contributed by atoms with van der Waals surface area (Å²) >= 11 is 0. The molecule has 2 fully saturated rings. The van der Waals surface area contributed by atoms with Gasteiger partial charge in [-0.3, -0.25) is 4.79 Å². The number of likely N-dealkylation sites (tertiary alicyclic amines) is 1. The fourth-order valence-corrected chi connectivity index (χ4v) is 2.84. The van der Waals surface area contributed by atoms with Crippen LogP contribution >= 0.6 is 0 Å². The van der Waals surface area contributed by atoms with Crippen LogP contribution in [0.25, 0.3) is 0 Å². The van der Waals surface area contributed by atoms with Gasteiger partial charge in [0.2, 0.25) is 5.91 Å². The van der Waals surface area contributed by atoms with E-state index >= 15 is 0 Å². The van der Waals surface area contributed by atoms with Gasteiger partial charge in [-0.1, -0.05) is 12.1 Å². The maximum Gasteiger partial charge on any atom is 0.228 e. The van der Waals surface area contributed by atoms with Gasteiger partial charge in [-0.25, -0.2) is 0 Å². The monoisotopic (exact) mass is 269 g/mol. The van der Waals surface area contributed by atoms with E-state index in [-0.39, 0.29) is 29.2 Å². The van der Waals surface area contributed by atoms with Crippen LogP contribution in [-0.4, -0.2) is 47.7 Å². The number of amidine groups is 1. The Morgan fingerprint density at radius 2 is 2.11 bits per heavy atom. The molecule has 0 aromatic heterocycles. The lowest BCUT2D eigenvalue weighted by atomic mass is 9.79. The van der Waals surface area contributed by atoms with Gasteiger partial charge in [-0.2, -0.15) is 0 Å². The van der Waals surface area contributed by atoms with Crippen LogP contribution in [0.1, 0.15) is 33.1 Å². The molecule has 2 saturated heterocycles.